The maximum Gasteiger partial charge on any atom is 0.266 e. The molecule has 0 aliphatic rings. The third kappa shape index (κ3) is 2.68. The summed E-state index contributed by atoms with van der Waals surface area (Å²) in [6, 6.07) is 0. The van der Waals surface area contributed by atoms with Crippen molar-refractivity contribution in [3.8, 4) is 0 Å². The second kappa shape index (κ2) is 5.52. The number of hydrogen-bond donors (Lipinski definition) is 1. The summed E-state index contributed by atoms with van der Waals surface area (Å²) in [4.78, 5) is 23.9. The van der Waals surface area contributed by atoms with Gasteiger partial charge in [-0.1, -0.05) is 13.8 Å². The van der Waals surface area contributed by atoms with Crippen molar-refractivity contribution in [1.29, 1.82) is 0 Å². The Morgan fingerprint density at radius 2 is 2.11 bits per heavy atom. The van der Waals surface area contributed by atoms with E-state index >= 15 is 0 Å². The summed E-state index contributed by atoms with van der Waals surface area (Å²) in [5.41, 5.74) is 7.09. The zero-order chi connectivity index (χ0) is 14.0. The highest BCUT2D eigenvalue weighted by Crippen LogP contribution is 2.31. The fraction of sp³-hybridized carbons (Fsp3) is 0.462. The number of carbonyl (C=O) groups excluding carboxylic acids is 1. The average molecular weight is 278 g/mol. The molecule has 2 aromatic rings. The van der Waals surface area contributed by atoms with E-state index in [1.54, 1.807) is 12.4 Å². The van der Waals surface area contributed by atoms with Crippen molar-refractivity contribution in [1.82, 2.24) is 14.9 Å². The number of anilines is 1. The normalized spacial score (nSPS) is 11.2. The minimum absolute atomic E-state index is 0.0292. The molecule has 2 N–H and O–H groups in total. The number of carbonyl (C=O) groups is 1. The molecule has 2 rings (SSSR count). The quantitative estimate of drug-likeness (QED) is 0.932. The van der Waals surface area contributed by atoms with Gasteiger partial charge in [-0.2, -0.15) is 0 Å². The fourth-order valence-corrected chi connectivity index (χ4v) is 2.93. The van der Waals surface area contributed by atoms with Crippen LogP contribution in [0.15, 0.2) is 12.4 Å². The summed E-state index contributed by atoms with van der Waals surface area (Å²) in [5.74, 6) is 0.397. The Morgan fingerprint density at radius 1 is 1.42 bits per heavy atom. The number of nitrogens with zero attached hydrogens (tertiary/aromatic N) is 3. The highest BCUT2D eigenvalue weighted by atomic mass is 32.1. The molecule has 0 atom stereocenters. The summed E-state index contributed by atoms with van der Waals surface area (Å²) in [5, 5.41) is 0. The first-order valence-electron chi connectivity index (χ1n) is 6.32. The van der Waals surface area contributed by atoms with E-state index in [-0.39, 0.29) is 5.91 Å². The van der Waals surface area contributed by atoms with Gasteiger partial charge in [0.05, 0.1) is 5.69 Å². The summed E-state index contributed by atoms with van der Waals surface area (Å²) >= 11 is 1.31. The standard InChI is InChI=1S/C13H18N4OS/c1-4-17(7-8(2)3)13(18)11-9(14)10-12(19-11)16-6-5-15-10/h5-6,8H,4,7,14H2,1-3H3. The molecule has 0 saturated carbocycles. The Balaban J connectivity index is 2.37. The Bertz CT molecular complexity index is 593. The van der Waals surface area contributed by atoms with E-state index in [4.69, 9.17) is 5.73 Å². The second-order valence-electron chi connectivity index (χ2n) is 4.79. The van der Waals surface area contributed by atoms with Gasteiger partial charge in [-0.3, -0.25) is 4.79 Å². The van der Waals surface area contributed by atoms with Crippen molar-refractivity contribution in [2.24, 2.45) is 5.92 Å². The van der Waals surface area contributed by atoms with Crippen molar-refractivity contribution in [3.63, 3.8) is 0 Å². The van der Waals surface area contributed by atoms with Gasteiger partial charge in [0.25, 0.3) is 5.91 Å². The van der Waals surface area contributed by atoms with Gasteiger partial charge < -0.3 is 10.6 Å². The van der Waals surface area contributed by atoms with Crippen LogP contribution in [0.5, 0.6) is 0 Å². The van der Waals surface area contributed by atoms with Gasteiger partial charge in [0.2, 0.25) is 0 Å². The number of fused-ring (bicyclic) bond motifs is 1. The predicted molar refractivity (Wildman–Crippen MR) is 78.2 cm³/mol. The maximum absolute atomic E-state index is 12.5. The third-order valence-corrected chi connectivity index (χ3v) is 3.90. The van der Waals surface area contributed by atoms with E-state index in [9.17, 15) is 4.79 Å². The Labute approximate surface area is 116 Å². The fourth-order valence-electron chi connectivity index (χ4n) is 1.94. The van der Waals surface area contributed by atoms with Crippen LogP contribution in [0.4, 0.5) is 5.69 Å². The van der Waals surface area contributed by atoms with Gasteiger partial charge in [0.1, 0.15) is 15.2 Å². The van der Waals surface area contributed by atoms with Gasteiger partial charge >= 0.3 is 0 Å². The number of nitrogen functional groups attached to an aromatic ring is 1. The molecule has 0 unspecified atom stereocenters. The molecule has 2 heterocycles. The smallest absolute Gasteiger partial charge is 0.266 e. The van der Waals surface area contributed by atoms with E-state index in [2.05, 4.69) is 23.8 Å². The monoisotopic (exact) mass is 278 g/mol. The van der Waals surface area contributed by atoms with Crippen LogP contribution in [0.1, 0.15) is 30.4 Å². The van der Waals surface area contributed by atoms with Crippen molar-refractivity contribution in [3.05, 3.63) is 17.3 Å². The van der Waals surface area contributed by atoms with Crippen molar-refractivity contribution >= 4 is 33.3 Å². The Hall–Kier alpha value is -1.69. The topological polar surface area (TPSA) is 72.1 Å². The van der Waals surface area contributed by atoms with Crippen LogP contribution in [0.25, 0.3) is 10.3 Å². The van der Waals surface area contributed by atoms with Gasteiger partial charge in [0.15, 0.2) is 0 Å². The van der Waals surface area contributed by atoms with E-state index in [0.717, 1.165) is 6.54 Å². The number of thiophene rings is 1. The van der Waals surface area contributed by atoms with Crippen molar-refractivity contribution in [2.75, 3.05) is 18.8 Å². The zero-order valence-electron chi connectivity index (χ0n) is 11.4. The van der Waals surface area contributed by atoms with Gasteiger partial charge in [-0.15, -0.1) is 11.3 Å². The molecule has 0 aliphatic carbocycles. The van der Waals surface area contributed by atoms with Crippen LogP contribution < -0.4 is 5.73 Å². The van der Waals surface area contributed by atoms with E-state index in [1.165, 1.54) is 11.3 Å². The summed E-state index contributed by atoms with van der Waals surface area (Å²) in [6.45, 7) is 7.55. The summed E-state index contributed by atoms with van der Waals surface area (Å²) in [7, 11) is 0. The summed E-state index contributed by atoms with van der Waals surface area (Å²) in [6.07, 6.45) is 3.20. The van der Waals surface area contributed by atoms with Gasteiger partial charge in [0, 0.05) is 25.5 Å². The highest BCUT2D eigenvalue weighted by Gasteiger charge is 2.22. The largest absolute Gasteiger partial charge is 0.396 e. The third-order valence-electron chi connectivity index (χ3n) is 2.81. The lowest BCUT2D eigenvalue weighted by atomic mass is 10.2. The minimum Gasteiger partial charge on any atom is -0.396 e. The molecule has 6 heteroatoms. The number of nitrogens with two attached hydrogens (primary N) is 1. The first-order chi connectivity index (χ1) is 9.04. The first kappa shape index (κ1) is 13.7. The van der Waals surface area contributed by atoms with E-state index < -0.39 is 0 Å². The van der Waals surface area contributed by atoms with Crippen LogP contribution in [-0.4, -0.2) is 33.9 Å². The molecule has 0 saturated heterocycles. The number of amides is 1. The van der Waals surface area contributed by atoms with E-state index in [0.29, 0.717) is 33.4 Å². The van der Waals surface area contributed by atoms with E-state index in [1.807, 2.05) is 11.8 Å². The number of hydrogen-bond acceptors (Lipinski definition) is 5. The SMILES string of the molecule is CCN(CC(C)C)C(=O)c1sc2nccnc2c1N. The van der Waals surface area contributed by atoms with Crippen LogP contribution in [0, 0.1) is 5.92 Å². The molecule has 2 aromatic heterocycles. The molecule has 0 fully saturated rings. The number of aromatic nitrogens is 2. The molecular weight excluding hydrogens is 260 g/mol. The van der Waals surface area contributed by atoms with Crippen LogP contribution >= 0.6 is 11.3 Å². The highest BCUT2D eigenvalue weighted by molar-refractivity contribution is 7.21. The first-order valence-corrected chi connectivity index (χ1v) is 7.14. The molecule has 102 valence electrons. The lowest BCUT2D eigenvalue weighted by Gasteiger charge is -2.22. The molecule has 0 aromatic carbocycles. The Morgan fingerprint density at radius 3 is 2.68 bits per heavy atom. The molecule has 0 aliphatic heterocycles. The van der Waals surface area contributed by atoms with Crippen molar-refractivity contribution in [2.45, 2.75) is 20.8 Å². The molecule has 5 nitrogen and oxygen atoms in total. The van der Waals surface area contributed by atoms with Crippen LogP contribution in [0.3, 0.4) is 0 Å². The van der Waals surface area contributed by atoms with Crippen molar-refractivity contribution < 1.29 is 4.79 Å². The molecule has 0 spiro atoms. The van der Waals surface area contributed by atoms with Gasteiger partial charge in [-0.25, -0.2) is 9.97 Å². The lowest BCUT2D eigenvalue weighted by molar-refractivity contribution is 0.0751. The van der Waals surface area contributed by atoms with Crippen LogP contribution in [0.2, 0.25) is 0 Å². The molecular formula is C13H18N4OS. The molecule has 0 bridgehead atoms. The minimum atomic E-state index is -0.0292. The molecule has 19 heavy (non-hydrogen) atoms. The average Bonchev–Trinajstić information content (AvgIpc) is 2.73. The molecule has 0 radical (unpaired) electrons. The summed E-state index contributed by atoms with van der Waals surface area (Å²) < 4.78 is 0. The number of rotatable bonds is 4. The van der Waals surface area contributed by atoms with Crippen LogP contribution in [-0.2, 0) is 0 Å². The lowest BCUT2D eigenvalue weighted by Crippen LogP contribution is -2.33. The predicted octanol–water partition coefficient (Wildman–Crippen LogP) is 2.39. The zero-order valence-corrected chi connectivity index (χ0v) is 12.2. The molecule has 1 amide bonds. The second-order valence-corrected chi connectivity index (χ2v) is 5.79. The van der Waals surface area contributed by atoms with Gasteiger partial charge in [-0.05, 0) is 12.8 Å². The maximum atomic E-state index is 12.5. The Kier molecular flexibility index (Phi) is 3.99.